The van der Waals surface area contributed by atoms with E-state index in [1.54, 1.807) is 7.11 Å². The molecule has 0 aliphatic rings. The number of hydrogen-bond donors (Lipinski definition) is 1. The smallest absolute Gasteiger partial charge is 0.137 e. The Bertz CT molecular complexity index is 598. The quantitative estimate of drug-likeness (QED) is 0.697. The van der Waals surface area contributed by atoms with Gasteiger partial charge in [-0.1, -0.05) is 15.9 Å². The third-order valence-electron chi connectivity index (χ3n) is 3.08. The molecule has 1 unspecified atom stereocenters. The van der Waals surface area contributed by atoms with E-state index in [-0.39, 0.29) is 0 Å². The lowest BCUT2D eigenvalue weighted by molar-refractivity contribution is 0.403. The van der Waals surface area contributed by atoms with E-state index in [4.69, 9.17) is 4.74 Å². The normalized spacial score (nSPS) is 12.4. The van der Waals surface area contributed by atoms with Gasteiger partial charge in [0.15, 0.2) is 0 Å². The second kappa shape index (κ2) is 7.07. The molecular weight excluding hydrogens is 402 g/mol. The van der Waals surface area contributed by atoms with E-state index in [1.807, 2.05) is 17.4 Å². The maximum absolute atomic E-state index is 5.47. The van der Waals surface area contributed by atoms with Crippen LogP contribution in [0, 0.1) is 6.92 Å². The molecule has 0 bridgehead atoms. The molecule has 0 saturated heterocycles. The van der Waals surface area contributed by atoms with Crippen molar-refractivity contribution in [3.63, 3.8) is 0 Å². The van der Waals surface area contributed by atoms with Crippen LogP contribution in [0.5, 0.6) is 5.75 Å². The van der Waals surface area contributed by atoms with Crippen LogP contribution in [0.15, 0.2) is 33.2 Å². The molecule has 1 N–H and O–H groups in total. The fourth-order valence-electron chi connectivity index (χ4n) is 2.02. The largest absolute Gasteiger partial charge is 0.495 e. The van der Waals surface area contributed by atoms with Gasteiger partial charge < -0.3 is 10.1 Å². The standard InChI is InChI=1S/C15H17Br2NOS/c1-9-4-5-14(20-9)10(2)18-8-11-6-12(16)7-13(17)15(11)19-3/h4-7,10,18H,8H2,1-3H3. The number of nitrogens with one attached hydrogen (secondary N) is 1. The van der Waals surface area contributed by atoms with Crippen molar-refractivity contribution in [1.29, 1.82) is 0 Å². The van der Waals surface area contributed by atoms with Gasteiger partial charge in [0.1, 0.15) is 5.75 Å². The van der Waals surface area contributed by atoms with Crippen LogP contribution in [-0.2, 0) is 6.54 Å². The Morgan fingerprint density at radius 3 is 2.65 bits per heavy atom. The zero-order valence-corrected chi connectivity index (χ0v) is 15.7. The summed E-state index contributed by atoms with van der Waals surface area (Å²) < 4.78 is 7.47. The van der Waals surface area contributed by atoms with Gasteiger partial charge in [0.25, 0.3) is 0 Å². The van der Waals surface area contributed by atoms with Gasteiger partial charge >= 0.3 is 0 Å². The van der Waals surface area contributed by atoms with Crippen LogP contribution >= 0.6 is 43.2 Å². The van der Waals surface area contributed by atoms with Crippen molar-refractivity contribution in [1.82, 2.24) is 5.32 Å². The van der Waals surface area contributed by atoms with Crippen molar-refractivity contribution in [2.75, 3.05) is 7.11 Å². The second-order valence-corrected chi connectivity index (χ2v) is 7.72. The molecule has 5 heteroatoms. The van der Waals surface area contributed by atoms with Crippen molar-refractivity contribution in [3.05, 3.63) is 48.5 Å². The van der Waals surface area contributed by atoms with Gasteiger partial charge in [-0.25, -0.2) is 0 Å². The Morgan fingerprint density at radius 2 is 2.05 bits per heavy atom. The lowest BCUT2D eigenvalue weighted by atomic mass is 10.2. The molecule has 108 valence electrons. The van der Waals surface area contributed by atoms with Crippen LogP contribution in [0.25, 0.3) is 0 Å². The summed E-state index contributed by atoms with van der Waals surface area (Å²) in [6, 6.07) is 8.76. The zero-order chi connectivity index (χ0) is 14.7. The van der Waals surface area contributed by atoms with E-state index in [9.17, 15) is 0 Å². The van der Waals surface area contributed by atoms with Crippen molar-refractivity contribution in [2.24, 2.45) is 0 Å². The summed E-state index contributed by atoms with van der Waals surface area (Å²) in [4.78, 5) is 2.70. The van der Waals surface area contributed by atoms with Gasteiger partial charge in [-0.05, 0) is 54.0 Å². The number of hydrogen-bond acceptors (Lipinski definition) is 3. The first-order valence-corrected chi connectivity index (χ1v) is 8.73. The molecule has 0 amide bonds. The van der Waals surface area contributed by atoms with E-state index in [0.29, 0.717) is 6.04 Å². The van der Waals surface area contributed by atoms with Crippen LogP contribution in [0.3, 0.4) is 0 Å². The molecule has 1 aromatic heterocycles. The number of halogens is 2. The number of methoxy groups -OCH3 is 1. The first-order valence-electron chi connectivity index (χ1n) is 6.33. The van der Waals surface area contributed by atoms with E-state index in [0.717, 1.165) is 26.8 Å². The molecule has 0 aliphatic carbocycles. The third-order valence-corrected chi connectivity index (χ3v) is 5.31. The molecule has 20 heavy (non-hydrogen) atoms. The number of aryl methyl sites for hydroxylation is 1. The number of rotatable bonds is 5. The second-order valence-electron chi connectivity index (χ2n) is 4.63. The molecule has 0 fully saturated rings. The topological polar surface area (TPSA) is 21.3 Å². The summed E-state index contributed by atoms with van der Waals surface area (Å²) in [6.45, 7) is 5.08. The number of ether oxygens (including phenoxy) is 1. The summed E-state index contributed by atoms with van der Waals surface area (Å²) >= 11 is 8.89. The molecule has 1 atom stereocenters. The van der Waals surface area contributed by atoms with Gasteiger partial charge in [-0.15, -0.1) is 11.3 Å². The van der Waals surface area contributed by atoms with Crippen LogP contribution in [-0.4, -0.2) is 7.11 Å². The van der Waals surface area contributed by atoms with Crippen LogP contribution in [0.1, 0.15) is 28.3 Å². The van der Waals surface area contributed by atoms with Crippen molar-refractivity contribution in [2.45, 2.75) is 26.4 Å². The molecule has 2 nitrogen and oxygen atoms in total. The zero-order valence-electron chi connectivity index (χ0n) is 11.7. The van der Waals surface area contributed by atoms with E-state index in [1.165, 1.54) is 9.75 Å². The summed E-state index contributed by atoms with van der Waals surface area (Å²) in [5.41, 5.74) is 1.13. The molecule has 2 aromatic rings. The predicted molar refractivity (Wildman–Crippen MR) is 92.7 cm³/mol. The fraction of sp³-hybridized carbons (Fsp3) is 0.333. The molecule has 2 rings (SSSR count). The van der Waals surface area contributed by atoms with Crippen molar-refractivity contribution in [3.8, 4) is 5.75 Å². The van der Waals surface area contributed by atoms with E-state index in [2.05, 4.69) is 69.2 Å². The SMILES string of the molecule is COc1c(Br)cc(Br)cc1CNC(C)c1ccc(C)s1. The minimum Gasteiger partial charge on any atom is -0.495 e. The van der Waals surface area contributed by atoms with Gasteiger partial charge in [-0.3, -0.25) is 0 Å². The van der Waals surface area contributed by atoms with Gasteiger partial charge in [-0.2, -0.15) is 0 Å². The minimum atomic E-state index is 0.330. The first kappa shape index (κ1) is 16.0. The third kappa shape index (κ3) is 3.85. The summed E-state index contributed by atoms with van der Waals surface area (Å²) in [5.74, 6) is 0.885. The molecule has 1 heterocycles. The van der Waals surface area contributed by atoms with E-state index < -0.39 is 0 Å². The van der Waals surface area contributed by atoms with Crippen molar-refractivity contribution >= 4 is 43.2 Å². The molecule has 0 spiro atoms. The number of thiophene rings is 1. The first-order chi connectivity index (χ1) is 9.51. The van der Waals surface area contributed by atoms with Crippen LogP contribution in [0.4, 0.5) is 0 Å². The minimum absolute atomic E-state index is 0.330. The van der Waals surface area contributed by atoms with Gasteiger partial charge in [0, 0.05) is 32.4 Å². The molecule has 0 saturated carbocycles. The highest BCUT2D eigenvalue weighted by Gasteiger charge is 2.12. The predicted octanol–water partition coefficient (Wildman–Crippen LogP) is 5.44. The average Bonchev–Trinajstić information content (AvgIpc) is 2.82. The Balaban J connectivity index is 2.10. The molecule has 1 aromatic carbocycles. The molecule has 0 aliphatic heterocycles. The Hall–Kier alpha value is -0.360. The molecule has 0 radical (unpaired) electrons. The highest BCUT2D eigenvalue weighted by molar-refractivity contribution is 9.11. The summed E-state index contributed by atoms with van der Waals surface area (Å²) in [5, 5.41) is 3.55. The Labute approximate surface area is 140 Å². The maximum Gasteiger partial charge on any atom is 0.137 e. The Morgan fingerprint density at radius 1 is 1.30 bits per heavy atom. The highest BCUT2D eigenvalue weighted by atomic mass is 79.9. The van der Waals surface area contributed by atoms with Gasteiger partial charge in [0.2, 0.25) is 0 Å². The van der Waals surface area contributed by atoms with Gasteiger partial charge in [0.05, 0.1) is 11.6 Å². The fourth-order valence-corrected chi connectivity index (χ4v) is 4.40. The molecular formula is C15H17Br2NOS. The van der Waals surface area contributed by atoms with Crippen molar-refractivity contribution < 1.29 is 4.74 Å². The van der Waals surface area contributed by atoms with Crippen LogP contribution < -0.4 is 10.1 Å². The summed E-state index contributed by atoms with van der Waals surface area (Å²) in [6.07, 6.45) is 0. The maximum atomic E-state index is 5.47. The average molecular weight is 419 g/mol. The lowest BCUT2D eigenvalue weighted by Gasteiger charge is -2.15. The Kier molecular flexibility index (Phi) is 5.66. The lowest BCUT2D eigenvalue weighted by Crippen LogP contribution is -2.17. The summed E-state index contributed by atoms with van der Waals surface area (Å²) in [7, 11) is 1.70. The van der Waals surface area contributed by atoms with Crippen LogP contribution in [0.2, 0.25) is 0 Å². The highest BCUT2D eigenvalue weighted by Crippen LogP contribution is 2.33. The van der Waals surface area contributed by atoms with E-state index >= 15 is 0 Å². The number of benzene rings is 1. The monoisotopic (exact) mass is 417 g/mol.